The van der Waals surface area contributed by atoms with Crippen molar-refractivity contribution < 1.29 is 22.7 Å². The summed E-state index contributed by atoms with van der Waals surface area (Å²) in [5.41, 5.74) is 0.345. The van der Waals surface area contributed by atoms with Gasteiger partial charge in [0.2, 0.25) is 0 Å². The molecule has 0 saturated carbocycles. The Morgan fingerprint density at radius 1 is 1.32 bits per heavy atom. The van der Waals surface area contributed by atoms with Gasteiger partial charge in [-0.25, -0.2) is 0 Å². The number of hydrogen-bond acceptors (Lipinski definition) is 2. The molecule has 0 radical (unpaired) electrons. The maximum atomic E-state index is 13.6. The van der Waals surface area contributed by atoms with E-state index in [-0.39, 0.29) is 23.8 Å². The van der Waals surface area contributed by atoms with Gasteiger partial charge in [-0.2, -0.15) is 13.2 Å². The van der Waals surface area contributed by atoms with Crippen molar-refractivity contribution in [1.29, 1.82) is 0 Å². The van der Waals surface area contributed by atoms with Crippen molar-refractivity contribution in [1.82, 2.24) is 0 Å². The molecule has 0 aromatic heterocycles. The number of methoxy groups -OCH3 is 1. The first-order valence-corrected chi connectivity index (χ1v) is 8.90. The number of ether oxygens (including phenoxy) is 1. The molecule has 1 aromatic carbocycles. The van der Waals surface area contributed by atoms with Crippen molar-refractivity contribution in [2.45, 2.75) is 51.1 Å². The lowest BCUT2D eigenvalue weighted by molar-refractivity contribution is -0.129. The van der Waals surface area contributed by atoms with Crippen LogP contribution in [0.2, 0.25) is 5.02 Å². The van der Waals surface area contributed by atoms with Crippen LogP contribution in [0.3, 0.4) is 0 Å². The maximum absolute atomic E-state index is 13.6. The van der Waals surface area contributed by atoms with Gasteiger partial charge in [0.05, 0.1) is 12.1 Å². The predicted octanol–water partition coefficient (Wildman–Crippen LogP) is 5.93. The predicted molar refractivity (Wildman–Crippen MR) is 91.0 cm³/mol. The van der Waals surface area contributed by atoms with Crippen LogP contribution in [-0.2, 0) is 4.79 Å². The summed E-state index contributed by atoms with van der Waals surface area (Å²) in [5.74, 6) is -0.757. The first-order chi connectivity index (χ1) is 11.8. The second kappa shape index (κ2) is 6.67. The molecule has 2 aliphatic carbocycles. The average molecular weight is 373 g/mol. The van der Waals surface area contributed by atoms with Gasteiger partial charge in [-0.15, -0.1) is 0 Å². The number of rotatable bonds is 4. The molecule has 2 atom stereocenters. The van der Waals surface area contributed by atoms with Crippen molar-refractivity contribution >= 4 is 23.0 Å². The monoisotopic (exact) mass is 372 g/mol. The fourth-order valence-electron chi connectivity index (χ4n) is 4.24. The minimum absolute atomic E-state index is 0.0611. The molecule has 136 valence electrons. The number of hydrogen-bond donors (Lipinski definition) is 0. The lowest BCUT2D eigenvalue weighted by Gasteiger charge is -2.28. The zero-order valence-corrected chi connectivity index (χ0v) is 14.9. The third-order valence-corrected chi connectivity index (χ3v) is 5.65. The van der Waals surface area contributed by atoms with Crippen molar-refractivity contribution in [2.24, 2.45) is 5.92 Å². The Labute approximate surface area is 150 Å². The second-order valence-corrected chi connectivity index (χ2v) is 7.02. The summed E-state index contributed by atoms with van der Waals surface area (Å²) < 4.78 is 46.1. The largest absolute Gasteiger partial charge is 0.495 e. The lowest BCUT2D eigenvalue weighted by atomic mass is 9.77. The number of allylic oxidation sites excluding steroid dienone is 2. The SMILES string of the molecule is CCCCC1c2c(ccc(OC)c2Cl)C2=C(C(F)(F)F)C(=O)CCC21. The van der Waals surface area contributed by atoms with E-state index in [9.17, 15) is 18.0 Å². The molecule has 6 heteroatoms. The van der Waals surface area contributed by atoms with Crippen LogP contribution in [-0.4, -0.2) is 19.1 Å². The molecule has 0 bridgehead atoms. The average Bonchev–Trinajstić information content (AvgIpc) is 2.86. The number of halogens is 4. The Balaban J connectivity index is 2.27. The van der Waals surface area contributed by atoms with Crippen LogP contribution < -0.4 is 4.74 Å². The van der Waals surface area contributed by atoms with E-state index in [0.717, 1.165) is 19.3 Å². The Bertz CT molecular complexity index is 737. The van der Waals surface area contributed by atoms with E-state index in [0.29, 0.717) is 28.3 Å². The Morgan fingerprint density at radius 2 is 2.04 bits per heavy atom. The number of carbonyl (C=O) groups excluding carboxylic acids is 1. The highest BCUT2D eigenvalue weighted by atomic mass is 35.5. The summed E-state index contributed by atoms with van der Waals surface area (Å²) in [6.07, 6.45) is -1.66. The van der Waals surface area contributed by atoms with E-state index in [1.54, 1.807) is 12.1 Å². The summed E-state index contributed by atoms with van der Waals surface area (Å²) in [4.78, 5) is 12.1. The normalized spacial score (nSPS) is 22.9. The van der Waals surface area contributed by atoms with Gasteiger partial charge in [-0.3, -0.25) is 4.79 Å². The number of carbonyl (C=O) groups is 1. The van der Waals surface area contributed by atoms with Crippen LogP contribution in [0.4, 0.5) is 13.2 Å². The molecule has 0 N–H and O–H groups in total. The smallest absolute Gasteiger partial charge is 0.420 e. The van der Waals surface area contributed by atoms with Gasteiger partial charge in [-0.1, -0.05) is 37.4 Å². The quantitative estimate of drug-likeness (QED) is 0.654. The van der Waals surface area contributed by atoms with Gasteiger partial charge in [0, 0.05) is 6.42 Å². The summed E-state index contributed by atoms with van der Waals surface area (Å²) >= 11 is 6.48. The van der Waals surface area contributed by atoms with Crippen molar-refractivity contribution in [3.8, 4) is 5.75 Å². The molecule has 0 spiro atoms. The Kier molecular flexibility index (Phi) is 4.89. The van der Waals surface area contributed by atoms with Gasteiger partial charge < -0.3 is 4.74 Å². The van der Waals surface area contributed by atoms with E-state index in [4.69, 9.17) is 16.3 Å². The summed E-state index contributed by atoms with van der Waals surface area (Å²) in [7, 11) is 1.49. The van der Waals surface area contributed by atoms with Crippen LogP contribution in [0, 0.1) is 5.92 Å². The van der Waals surface area contributed by atoms with Crippen molar-refractivity contribution in [3.05, 3.63) is 33.9 Å². The number of benzene rings is 1. The molecule has 1 aromatic rings. The maximum Gasteiger partial charge on any atom is 0.420 e. The number of Topliss-reactive ketones (excluding diaryl/α,β-unsaturated/α-hetero) is 1. The summed E-state index contributed by atoms with van der Waals surface area (Å²) in [6, 6.07) is 3.21. The molecule has 2 nitrogen and oxygen atoms in total. The molecule has 2 unspecified atom stereocenters. The van der Waals surface area contributed by atoms with E-state index >= 15 is 0 Å². The first-order valence-electron chi connectivity index (χ1n) is 8.52. The number of fused-ring (bicyclic) bond motifs is 3. The van der Waals surface area contributed by atoms with Crippen molar-refractivity contribution in [2.75, 3.05) is 7.11 Å². The van der Waals surface area contributed by atoms with Crippen LogP contribution in [0.25, 0.3) is 5.57 Å². The number of alkyl halides is 3. The van der Waals surface area contributed by atoms with E-state index in [1.165, 1.54) is 7.11 Å². The van der Waals surface area contributed by atoms with Gasteiger partial charge in [0.1, 0.15) is 11.3 Å². The molecule has 0 aliphatic heterocycles. The van der Waals surface area contributed by atoms with Crippen molar-refractivity contribution in [3.63, 3.8) is 0 Å². The fraction of sp³-hybridized carbons (Fsp3) is 0.526. The third-order valence-electron chi connectivity index (χ3n) is 5.26. The standard InChI is InChI=1S/C19H20ClF3O2/c1-3-4-5-10-11-6-8-13(24)17(19(21,22)23)15(11)12-7-9-14(25-2)18(20)16(10)12/h7,9-11H,3-6,8H2,1-2H3. The molecular formula is C19H20ClF3O2. The highest BCUT2D eigenvalue weighted by molar-refractivity contribution is 6.33. The Hall–Kier alpha value is -1.49. The molecular weight excluding hydrogens is 353 g/mol. The Morgan fingerprint density at radius 3 is 2.64 bits per heavy atom. The van der Waals surface area contributed by atoms with Crippen LogP contribution >= 0.6 is 11.6 Å². The minimum Gasteiger partial charge on any atom is -0.495 e. The number of unbranched alkanes of at least 4 members (excludes halogenated alkanes) is 1. The van der Waals surface area contributed by atoms with E-state index in [2.05, 4.69) is 0 Å². The third kappa shape index (κ3) is 2.97. The molecule has 3 rings (SSSR count). The zero-order chi connectivity index (χ0) is 18.4. The highest BCUT2D eigenvalue weighted by Crippen LogP contribution is 2.58. The number of ketones is 1. The minimum atomic E-state index is -4.64. The molecule has 2 aliphatic rings. The second-order valence-electron chi connectivity index (χ2n) is 6.65. The van der Waals surface area contributed by atoms with Gasteiger partial charge >= 0.3 is 6.18 Å². The summed E-state index contributed by atoms with van der Waals surface area (Å²) in [5, 5.41) is 0.372. The van der Waals surface area contributed by atoms with Gasteiger partial charge in [0.25, 0.3) is 0 Å². The molecule has 0 amide bonds. The van der Waals surface area contributed by atoms with Crippen LogP contribution in [0.15, 0.2) is 17.7 Å². The molecule has 0 saturated heterocycles. The van der Waals surface area contributed by atoms with Gasteiger partial charge in [0.15, 0.2) is 5.78 Å². The summed E-state index contributed by atoms with van der Waals surface area (Å²) in [6.45, 7) is 2.05. The zero-order valence-electron chi connectivity index (χ0n) is 14.2. The van der Waals surface area contributed by atoms with Crippen LogP contribution in [0.5, 0.6) is 5.75 Å². The van der Waals surface area contributed by atoms with E-state index < -0.39 is 17.5 Å². The molecule has 25 heavy (non-hydrogen) atoms. The lowest BCUT2D eigenvalue weighted by Crippen LogP contribution is -2.28. The first kappa shape index (κ1) is 18.3. The highest BCUT2D eigenvalue weighted by Gasteiger charge is 2.50. The topological polar surface area (TPSA) is 26.3 Å². The molecule has 0 fully saturated rings. The van der Waals surface area contributed by atoms with Gasteiger partial charge in [-0.05, 0) is 47.4 Å². The fourth-order valence-corrected chi connectivity index (χ4v) is 4.62. The van der Waals surface area contributed by atoms with Crippen LogP contribution in [0.1, 0.15) is 56.1 Å². The van der Waals surface area contributed by atoms with E-state index in [1.807, 2.05) is 6.92 Å². The molecule has 0 heterocycles.